The van der Waals surface area contributed by atoms with Crippen molar-refractivity contribution in [3.05, 3.63) is 143 Å². The maximum Gasteiger partial charge on any atom is 0.255 e. The molecule has 2 aromatic heterocycles. The lowest BCUT2D eigenvalue weighted by Gasteiger charge is -2.46. The van der Waals surface area contributed by atoms with Crippen molar-refractivity contribution in [2.45, 2.75) is 38.0 Å². The Bertz CT molecular complexity index is 2220. The van der Waals surface area contributed by atoms with E-state index in [4.69, 9.17) is 9.15 Å². The third kappa shape index (κ3) is 6.00. The van der Waals surface area contributed by atoms with E-state index >= 15 is 8.78 Å². The fourth-order valence-electron chi connectivity index (χ4n) is 6.39. The molecule has 6 aromatic rings. The second-order valence-electron chi connectivity index (χ2n) is 12.3. The van der Waals surface area contributed by atoms with Crippen LogP contribution in [0.5, 0.6) is 0 Å². The molecule has 11 heteroatoms. The van der Waals surface area contributed by atoms with Gasteiger partial charge in [-0.05, 0) is 78.2 Å². The van der Waals surface area contributed by atoms with Gasteiger partial charge in [-0.25, -0.2) is 23.1 Å². The summed E-state index contributed by atoms with van der Waals surface area (Å²) in [5, 5.41) is 5.39. The molecule has 8 nitrogen and oxygen atoms in total. The van der Waals surface area contributed by atoms with Crippen LogP contribution >= 0.6 is 0 Å². The van der Waals surface area contributed by atoms with E-state index in [0.29, 0.717) is 30.8 Å². The second-order valence-corrected chi connectivity index (χ2v) is 12.3. The number of carbonyl (C=O) groups excluding carboxylic acids is 2. The van der Waals surface area contributed by atoms with E-state index in [1.807, 2.05) is 30.3 Å². The molecule has 2 amide bonds. The van der Waals surface area contributed by atoms with Crippen molar-refractivity contribution in [1.29, 1.82) is 0 Å². The Hall–Kier alpha value is -5.81. The SMILES string of the molecule is CNC(=O)c1c(-c2ccc(F)cc2)oc2ccc(-c3cc(C(=O)NC4(c5ncccn5)CC(OCc5ccccc5)C4)cc(F)c3C)c(F)c12. The number of hydrogen-bond acceptors (Lipinski definition) is 6. The Kier molecular flexibility index (Phi) is 8.67. The zero-order valence-electron chi connectivity index (χ0n) is 27.1. The predicted molar refractivity (Wildman–Crippen MR) is 181 cm³/mol. The molecule has 1 aliphatic carbocycles. The molecule has 0 bridgehead atoms. The fraction of sp³-hybridized carbons (Fsp3) is 0.179. The summed E-state index contributed by atoms with van der Waals surface area (Å²) in [4.78, 5) is 35.8. The number of carbonyl (C=O) groups is 2. The minimum Gasteiger partial charge on any atom is -0.455 e. The van der Waals surface area contributed by atoms with Gasteiger partial charge in [0.25, 0.3) is 11.8 Å². The highest BCUT2D eigenvalue weighted by atomic mass is 19.1. The average Bonchev–Trinajstić information content (AvgIpc) is 3.52. The van der Waals surface area contributed by atoms with Gasteiger partial charge in [0.15, 0.2) is 5.82 Å². The number of nitrogens with one attached hydrogen (secondary N) is 2. The first-order valence-electron chi connectivity index (χ1n) is 16.0. The molecule has 50 heavy (non-hydrogen) atoms. The maximum atomic E-state index is 16.6. The number of ether oxygens (including phenoxy) is 1. The number of halogens is 3. The molecule has 1 aliphatic rings. The monoisotopic (exact) mass is 676 g/mol. The number of fused-ring (bicyclic) bond motifs is 1. The first-order chi connectivity index (χ1) is 24.2. The molecular weight excluding hydrogens is 645 g/mol. The average molecular weight is 677 g/mol. The molecule has 0 atom stereocenters. The normalized spacial score (nSPS) is 16.9. The molecule has 2 heterocycles. The molecule has 2 N–H and O–H groups in total. The first-order valence-corrected chi connectivity index (χ1v) is 16.0. The second kappa shape index (κ2) is 13.2. The van der Waals surface area contributed by atoms with Gasteiger partial charge in [-0.15, -0.1) is 0 Å². The van der Waals surface area contributed by atoms with Crippen LogP contribution in [0.3, 0.4) is 0 Å². The maximum absolute atomic E-state index is 16.6. The Morgan fingerprint density at radius 3 is 2.32 bits per heavy atom. The zero-order valence-corrected chi connectivity index (χ0v) is 27.1. The number of rotatable bonds is 9. The largest absolute Gasteiger partial charge is 0.455 e. The van der Waals surface area contributed by atoms with Crippen molar-refractivity contribution >= 4 is 22.8 Å². The van der Waals surface area contributed by atoms with E-state index in [0.717, 1.165) is 11.6 Å². The van der Waals surface area contributed by atoms with Gasteiger partial charge in [0, 0.05) is 49.0 Å². The van der Waals surface area contributed by atoms with Gasteiger partial charge in [-0.2, -0.15) is 0 Å². The zero-order chi connectivity index (χ0) is 35.0. The minimum absolute atomic E-state index is 0.0423. The quantitative estimate of drug-likeness (QED) is 0.163. The van der Waals surface area contributed by atoms with Gasteiger partial charge >= 0.3 is 0 Å². The van der Waals surface area contributed by atoms with E-state index in [1.165, 1.54) is 56.4 Å². The van der Waals surface area contributed by atoms with Crippen LogP contribution in [-0.4, -0.2) is 34.9 Å². The van der Waals surface area contributed by atoms with Crippen LogP contribution < -0.4 is 10.6 Å². The predicted octanol–water partition coefficient (Wildman–Crippen LogP) is 7.65. The highest BCUT2D eigenvalue weighted by molar-refractivity contribution is 6.12. The Balaban J connectivity index is 1.23. The molecule has 0 unspecified atom stereocenters. The van der Waals surface area contributed by atoms with Crippen molar-refractivity contribution in [3.8, 4) is 22.5 Å². The van der Waals surface area contributed by atoms with Crippen molar-refractivity contribution in [3.63, 3.8) is 0 Å². The van der Waals surface area contributed by atoms with Gasteiger partial charge in [0.05, 0.1) is 23.7 Å². The Morgan fingerprint density at radius 2 is 1.62 bits per heavy atom. The van der Waals surface area contributed by atoms with Crippen LogP contribution in [-0.2, 0) is 16.9 Å². The van der Waals surface area contributed by atoms with Crippen LogP contribution in [0.15, 0.2) is 102 Å². The van der Waals surface area contributed by atoms with Gasteiger partial charge in [0.2, 0.25) is 0 Å². The van der Waals surface area contributed by atoms with Gasteiger partial charge in [-0.1, -0.05) is 30.3 Å². The van der Waals surface area contributed by atoms with Crippen LogP contribution in [0, 0.1) is 24.4 Å². The standard InChI is InChI=1S/C39H31F3N4O4/c1-22-29(28-13-14-31-32(34(28)42)33(37(48)43-2)35(50-31)24-9-11-26(40)12-10-24)17-25(18-30(22)41)36(47)46-39(38-44-15-6-16-45-38)19-27(20-39)49-21-23-7-4-3-5-8-23/h3-18,27H,19-21H2,1-2H3,(H,43,48)(H,46,47). The van der Waals surface area contributed by atoms with Crippen molar-refractivity contribution in [1.82, 2.24) is 20.6 Å². The van der Waals surface area contributed by atoms with E-state index in [-0.39, 0.29) is 50.7 Å². The molecule has 1 fully saturated rings. The molecule has 1 saturated carbocycles. The third-order valence-corrected chi connectivity index (χ3v) is 9.08. The van der Waals surface area contributed by atoms with Gasteiger partial charge in [0.1, 0.15) is 34.3 Å². The van der Waals surface area contributed by atoms with E-state index in [1.54, 1.807) is 18.5 Å². The lowest BCUT2D eigenvalue weighted by atomic mass is 9.73. The van der Waals surface area contributed by atoms with Crippen LogP contribution in [0.2, 0.25) is 0 Å². The van der Waals surface area contributed by atoms with Crippen LogP contribution in [0.1, 0.15) is 50.5 Å². The first kappa shape index (κ1) is 32.7. The molecule has 0 saturated heterocycles. The summed E-state index contributed by atoms with van der Waals surface area (Å²) in [5.41, 5.74) is 0.505. The number of nitrogens with zero attached hydrogens (tertiary/aromatic N) is 2. The Labute approximate surface area is 285 Å². The molecule has 7 rings (SSSR count). The summed E-state index contributed by atoms with van der Waals surface area (Å²) < 4.78 is 57.8. The number of benzene rings is 4. The number of hydrogen-bond donors (Lipinski definition) is 2. The fourth-order valence-corrected chi connectivity index (χ4v) is 6.39. The highest BCUT2D eigenvalue weighted by Crippen LogP contribution is 2.43. The van der Waals surface area contributed by atoms with Crippen LogP contribution in [0.4, 0.5) is 13.2 Å². The summed E-state index contributed by atoms with van der Waals surface area (Å²) in [7, 11) is 1.39. The van der Waals surface area contributed by atoms with E-state index in [9.17, 15) is 14.0 Å². The summed E-state index contributed by atoms with van der Waals surface area (Å²) in [6.07, 6.45) is 3.76. The van der Waals surface area contributed by atoms with Crippen molar-refractivity contribution in [2.24, 2.45) is 0 Å². The highest BCUT2D eigenvalue weighted by Gasteiger charge is 2.50. The summed E-state index contributed by atoms with van der Waals surface area (Å²) in [6, 6.07) is 22.1. The lowest BCUT2D eigenvalue weighted by Crippen LogP contribution is -2.58. The van der Waals surface area contributed by atoms with E-state index in [2.05, 4.69) is 20.6 Å². The van der Waals surface area contributed by atoms with Crippen molar-refractivity contribution < 1.29 is 31.9 Å². The summed E-state index contributed by atoms with van der Waals surface area (Å²) in [6.45, 7) is 1.88. The third-order valence-electron chi connectivity index (χ3n) is 9.08. The van der Waals surface area contributed by atoms with E-state index < -0.39 is 34.8 Å². The number of amides is 2. The van der Waals surface area contributed by atoms with Crippen LogP contribution in [0.25, 0.3) is 33.4 Å². The number of aromatic nitrogens is 2. The molecule has 4 aromatic carbocycles. The molecule has 0 radical (unpaired) electrons. The molecular formula is C39H31F3N4O4. The van der Waals surface area contributed by atoms with Gasteiger partial charge < -0.3 is 19.8 Å². The topological polar surface area (TPSA) is 106 Å². The molecule has 0 spiro atoms. The smallest absolute Gasteiger partial charge is 0.255 e. The molecule has 252 valence electrons. The van der Waals surface area contributed by atoms with Gasteiger partial charge in [-0.3, -0.25) is 9.59 Å². The number of furan rings is 1. The summed E-state index contributed by atoms with van der Waals surface area (Å²) >= 11 is 0. The Morgan fingerprint density at radius 1 is 0.900 bits per heavy atom. The van der Waals surface area contributed by atoms with Crippen molar-refractivity contribution in [2.75, 3.05) is 7.05 Å². The minimum atomic E-state index is -0.971. The molecule has 0 aliphatic heterocycles. The summed E-state index contributed by atoms with van der Waals surface area (Å²) in [5.74, 6) is -2.84. The lowest BCUT2D eigenvalue weighted by molar-refractivity contribution is -0.0664.